The van der Waals surface area contributed by atoms with Crippen molar-refractivity contribution in [1.29, 1.82) is 0 Å². The fourth-order valence-corrected chi connectivity index (χ4v) is 6.11. The summed E-state index contributed by atoms with van der Waals surface area (Å²) in [6.07, 6.45) is 1.89. The van der Waals surface area contributed by atoms with Gasteiger partial charge in [0.15, 0.2) is 5.17 Å². The van der Waals surface area contributed by atoms with Crippen LogP contribution in [0.5, 0.6) is 5.75 Å². The lowest BCUT2D eigenvalue weighted by atomic mass is 10.2. The van der Waals surface area contributed by atoms with Crippen LogP contribution in [0.2, 0.25) is 0 Å². The minimum absolute atomic E-state index is 0.100. The lowest BCUT2D eigenvalue weighted by molar-refractivity contribution is -0.113. The van der Waals surface area contributed by atoms with Crippen molar-refractivity contribution in [3.8, 4) is 5.75 Å². The first-order valence-electron chi connectivity index (χ1n) is 9.02. The molecule has 0 N–H and O–H groups in total. The van der Waals surface area contributed by atoms with Crippen molar-refractivity contribution < 1.29 is 9.53 Å². The van der Waals surface area contributed by atoms with Gasteiger partial charge in [0.1, 0.15) is 5.75 Å². The summed E-state index contributed by atoms with van der Waals surface area (Å²) in [6.45, 7) is 0. The number of carbonyl (C=O) groups is 1. The summed E-state index contributed by atoms with van der Waals surface area (Å²) in [5, 5.41) is 0.628. The van der Waals surface area contributed by atoms with Crippen LogP contribution in [-0.2, 0) is 4.79 Å². The van der Waals surface area contributed by atoms with Gasteiger partial charge in [0.25, 0.3) is 5.91 Å². The minimum atomic E-state index is -0.100. The number of hydrogen-bond acceptors (Lipinski definition) is 4. The molecule has 4 nitrogen and oxygen atoms in total. The minimum Gasteiger partial charge on any atom is -0.495 e. The molecule has 0 radical (unpaired) electrons. The molecule has 0 saturated carbocycles. The molecule has 1 amide bonds. The number of amides is 1. The largest absolute Gasteiger partial charge is 0.495 e. The van der Waals surface area contributed by atoms with Gasteiger partial charge < -0.3 is 4.74 Å². The number of rotatable bonds is 4. The quantitative estimate of drug-likeness (QED) is 0.236. The standard InChI is InChI=1S/C23H16I2N2O2S/c1-29-21-15(12-16(24)14-19(21)25)13-20-22(28)27(18-10-6-3-7-11-18)23(30-20)26-17-8-4-2-5-9-17/h2-14H,1H3/b20-13+,26-23?. The van der Waals surface area contributed by atoms with Crippen molar-refractivity contribution >= 4 is 85.5 Å². The summed E-state index contributed by atoms with van der Waals surface area (Å²) < 4.78 is 7.67. The molecular formula is C23H16I2N2O2S. The van der Waals surface area contributed by atoms with Crippen LogP contribution in [0.1, 0.15) is 5.56 Å². The predicted octanol–water partition coefficient (Wildman–Crippen LogP) is 6.71. The van der Waals surface area contributed by atoms with Crippen molar-refractivity contribution in [1.82, 2.24) is 0 Å². The number of para-hydroxylation sites is 2. The van der Waals surface area contributed by atoms with Gasteiger partial charge in [-0.1, -0.05) is 36.4 Å². The van der Waals surface area contributed by atoms with Crippen LogP contribution >= 0.6 is 56.9 Å². The topological polar surface area (TPSA) is 41.9 Å². The number of ether oxygens (including phenoxy) is 1. The van der Waals surface area contributed by atoms with E-state index in [4.69, 9.17) is 9.73 Å². The zero-order valence-electron chi connectivity index (χ0n) is 15.9. The zero-order valence-corrected chi connectivity index (χ0v) is 21.0. The van der Waals surface area contributed by atoms with Crippen LogP contribution in [0.4, 0.5) is 11.4 Å². The first-order valence-corrected chi connectivity index (χ1v) is 12.0. The third-order valence-corrected chi connectivity index (χ3v) is 6.72. The number of halogens is 2. The maximum absolute atomic E-state index is 13.4. The molecule has 1 fully saturated rings. The van der Waals surface area contributed by atoms with E-state index >= 15 is 0 Å². The fourth-order valence-electron chi connectivity index (χ4n) is 3.01. The van der Waals surface area contributed by atoms with Gasteiger partial charge in [-0.15, -0.1) is 0 Å². The molecule has 30 heavy (non-hydrogen) atoms. The highest BCUT2D eigenvalue weighted by molar-refractivity contribution is 14.1. The van der Waals surface area contributed by atoms with E-state index in [2.05, 4.69) is 45.2 Å². The number of anilines is 1. The van der Waals surface area contributed by atoms with E-state index in [0.29, 0.717) is 10.1 Å². The SMILES string of the molecule is COc1c(I)cc(I)cc1/C=C1/SC(=Nc2ccccc2)N(c2ccccc2)C1=O. The van der Waals surface area contributed by atoms with E-state index in [1.807, 2.05) is 78.9 Å². The number of thioether (sulfide) groups is 1. The Morgan fingerprint density at radius 3 is 2.33 bits per heavy atom. The number of carbonyl (C=O) groups excluding carboxylic acids is 1. The van der Waals surface area contributed by atoms with Crippen molar-refractivity contribution in [2.75, 3.05) is 12.0 Å². The monoisotopic (exact) mass is 638 g/mol. The van der Waals surface area contributed by atoms with Crippen LogP contribution in [0.25, 0.3) is 6.08 Å². The van der Waals surface area contributed by atoms with Crippen molar-refractivity contribution in [3.05, 3.63) is 90.4 Å². The molecule has 0 atom stereocenters. The van der Waals surface area contributed by atoms with E-state index in [9.17, 15) is 4.79 Å². The Balaban J connectivity index is 1.81. The maximum Gasteiger partial charge on any atom is 0.271 e. The molecule has 0 bridgehead atoms. The molecule has 0 aromatic heterocycles. The summed E-state index contributed by atoms with van der Waals surface area (Å²) >= 11 is 5.89. The lowest BCUT2D eigenvalue weighted by Crippen LogP contribution is -2.28. The number of amidine groups is 1. The maximum atomic E-state index is 13.4. The van der Waals surface area contributed by atoms with Crippen molar-refractivity contribution in [2.45, 2.75) is 0 Å². The van der Waals surface area contributed by atoms with Crippen LogP contribution in [0, 0.1) is 7.14 Å². The van der Waals surface area contributed by atoms with E-state index in [1.54, 1.807) is 12.0 Å². The molecule has 7 heteroatoms. The molecule has 0 unspecified atom stereocenters. The molecule has 1 aliphatic rings. The molecule has 1 aliphatic heterocycles. The summed E-state index contributed by atoms with van der Waals surface area (Å²) in [5.74, 6) is 0.661. The van der Waals surface area contributed by atoms with E-state index in [-0.39, 0.29) is 5.91 Å². The molecule has 1 saturated heterocycles. The Morgan fingerprint density at radius 1 is 1.00 bits per heavy atom. The Hall–Kier alpha value is -1.85. The molecule has 3 aromatic rings. The van der Waals surface area contributed by atoms with Crippen molar-refractivity contribution in [3.63, 3.8) is 0 Å². The molecule has 1 heterocycles. The van der Waals surface area contributed by atoms with Crippen LogP contribution < -0.4 is 9.64 Å². The molecule has 150 valence electrons. The predicted molar refractivity (Wildman–Crippen MR) is 141 cm³/mol. The fraction of sp³-hybridized carbons (Fsp3) is 0.0435. The summed E-state index contributed by atoms with van der Waals surface area (Å²) in [6, 6.07) is 23.3. The zero-order chi connectivity index (χ0) is 21.1. The summed E-state index contributed by atoms with van der Waals surface area (Å²) in [4.78, 5) is 20.4. The van der Waals surface area contributed by atoms with E-state index in [1.165, 1.54) is 11.8 Å². The summed E-state index contributed by atoms with van der Waals surface area (Å²) in [5.41, 5.74) is 2.47. The molecule has 0 aliphatic carbocycles. The molecular weight excluding hydrogens is 622 g/mol. The number of nitrogens with zero attached hydrogens (tertiary/aromatic N) is 2. The molecule has 4 rings (SSSR count). The van der Waals surface area contributed by atoms with Gasteiger partial charge in [0.05, 0.1) is 27.0 Å². The summed E-state index contributed by atoms with van der Waals surface area (Å²) in [7, 11) is 1.65. The highest BCUT2D eigenvalue weighted by Crippen LogP contribution is 2.39. The normalized spacial score (nSPS) is 16.5. The number of aliphatic imine (C=N–C) groups is 1. The van der Waals surface area contributed by atoms with Gasteiger partial charge in [-0.05, 0) is 99.4 Å². The second-order valence-corrected chi connectivity index (χ2v) is 9.74. The van der Waals surface area contributed by atoms with Crippen LogP contribution in [-0.4, -0.2) is 18.2 Å². The highest BCUT2D eigenvalue weighted by Gasteiger charge is 2.35. The first kappa shape index (κ1) is 21.4. The molecule has 0 spiro atoms. The van der Waals surface area contributed by atoms with Crippen LogP contribution in [0.15, 0.2) is 82.7 Å². The Bertz CT molecular complexity index is 1150. The van der Waals surface area contributed by atoms with E-state index < -0.39 is 0 Å². The second kappa shape index (κ2) is 9.52. The van der Waals surface area contributed by atoms with Gasteiger partial charge in [-0.2, -0.15) is 0 Å². The van der Waals surface area contributed by atoms with Gasteiger partial charge in [-0.25, -0.2) is 4.99 Å². The third-order valence-electron chi connectivity index (χ3n) is 4.33. The average Bonchev–Trinajstić information content (AvgIpc) is 3.04. The Labute approximate surface area is 206 Å². The Kier molecular flexibility index (Phi) is 6.79. The third kappa shape index (κ3) is 4.57. The van der Waals surface area contributed by atoms with Gasteiger partial charge >= 0.3 is 0 Å². The van der Waals surface area contributed by atoms with Gasteiger partial charge in [-0.3, -0.25) is 9.69 Å². The highest BCUT2D eigenvalue weighted by atomic mass is 127. The second-order valence-electron chi connectivity index (χ2n) is 6.33. The van der Waals surface area contributed by atoms with Gasteiger partial charge in [0.2, 0.25) is 0 Å². The lowest BCUT2D eigenvalue weighted by Gasteiger charge is -2.15. The van der Waals surface area contributed by atoms with Crippen molar-refractivity contribution in [2.24, 2.45) is 4.99 Å². The number of methoxy groups -OCH3 is 1. The smallest absolute Gasteiger partial charge is 0.271 e. The average molecular weight is 638 g/mol. The van der Waals surface area contributed by atoms with Gasteiger partial charge in [0, 0.05) is 9.13 Å². The Morgan fingerprint density at radius 2 is 1.67 bits per heavy atom. The number of hydrogen-bond donors (Lipinski definition) is 0. The number of benzene rings is 3. The molecule has 3 aromatic carbocycles. The first-order chi connectivity index (χ1) is 14.6. The van der Waals surface area contributed by atoms with E-state index in [0.717, 1.165) is 29.8 Å². The van der Waals surface area contributed by atoms with Crippen LogP contribution in [0.3, 0.4) is 0 Å².